The van der Waals surface area contributed by atoms with E-state index in [0.29, 0.717) is 11.8 Å². The maximum atomic E-state index is 12.2. The molecule has 0 aromatic rings. The molecular formula is C23H37NO3S. The van der Waals surface area contributed by atoms with E-state index < -0.39 is 6.10 Å². The topological polar surface area (TPSA) is 58.6 Å². The number of aliphatic hydroxyl groups excluding tert-OH is 1. The monoisotopic (exact) mass is 407 g/mol. The summed E-state index contributed by atoms with van der Waals surface area (Å²) in [4.78, 5) is 12.2. The molecule has 1 aliphatic carbocycles. The number of ether oxygens (including phenoxy) is 1. The van der Waals surface area contributed by atoms with E-state index in [4.69, 9.17) is 17.0 Å². The molecule has 2 N–H and O–H groups in total. The molecule has 0 saturated carbocycles. The van der Waals surface area contributed by atoms with Crippen LogP contribution in [0.15, 0.2) is 36.5 Å². The zero-order valence-corrected chi connectivity index (χ0v) is 18.4. The molecule has 158 valence electrons. The van der Waals surface area contributed by atoms with Gasteiger partial charge in [0.1, 0.15) is 0 Å². The number of hydrogen-bond acceptors (Lipinski definition) is 4. The van der Waals surface area contributed by atoms with Crippen molar-refractivity contribution in [2.24, 2.45) is 17.8 Å². The Morgan fingerprint density at radius 1 is 1.36 bits per heavy atom. The van der Waals surface area contributed by atoms with Crippen LogP contribution in [0, 0.1) is 17.8 Å². The quantitative estimate of drug-likeness (QED) is 0.262. The average Bonchev–Trinajstić information content (AvgIpc) is 3.05. The van der Waals surface area contributed by atoms with Crippen molar-refractivity contribution < 1.29 is 14.6 Å². The number of nitrogens with one attached hydrogen (secondary N) is 1. The lowest BCUT2D eigenvalue weighted by Gasteiger charge is -2.17. The molecule has 0 saturated heterocycles. The van der Waals surface area contributed by atoms with Gasteiger partial charge in [-0.15, -0.1) is 0 Å². The molecule has 0 spiro atoms. The number of aliphatic hydroxyl groups is 1. The molecule has 0 aromatic carbocycles. The highest BCUT2D eigenvalue weighted by molar-refractivity contribution is 7.80. The highest BCUT2D eigenvalue weighted by atomic mass is 32.1. The smallest absolute Gasteiger partial charge is 0.256 e. The fraction of sp³-hybridized carbons (Fsp3) is 0.652. The Morgan fingerprint density at radius 2 is 2.14 bits per heavy atom. The third-order valence-electron chi connectivity index (χ3n) is 5.20. The van der Waals surface area contributed by atoms with Crippen LogP contribution in [0.2, 0.25) is 0 Å². The van der Waals surface area contributed by atoms with Crippen LogP contribution in [0.4, 0.5) is 0 Å². The molecule has 1 unspecified atom stereocenters. The van der Waals surface area contributed by atoms with Crippen molar-refractivity contribution >= 4 is 23.2 Å². The van der Waals surface area contributed by atoms with Gasteiger partial charge in [0.2, 0.25) is 0 Å². The van der Waals surface area contributed by atoms with Crippen molar-refractivity contribution in [1.29, 1.82) is 0 Å². The lowest BCUT2D eigenvalue weighted by Crippen LogP contribution is -2.19. The van der Waals surface area contributed by atoms with Crippen LogP contribution in [0.3, 0.4) is 0 Å². The van der Waals surface area contributed by atoms with Crippen LogP contribution in [-0.4, -0.2) is 35.8 Å². The Labute approximate surface area is 176 Å². The fourth-order valence-corrected chi connectivity index (χ4v) is 3.30. The lowest BCUT2D eigenvalue weighted by atomic mass is 9.89. The van der Waals surface area contributed by atoms with Gasteiger partial charge in [-0.1, -0.05) is 57.1 Å². The number of carbonyl (C=O) groups is 1. The lowest BCUT2D eigenvalue weighted by molar-refractivity contribution is -0.117. The maximum Gasteiger partial charge on any atom is 0.256 e. The van der Waals surface area contributed by atoms with E-state index in [1.165, 1.54) is 0 Å². The Bertz CT molecular complexity index is 556. The summed E-state index contributed by atoms with van der Waals surface area (Å²) >= 11 is 4.92. The van der Waals surface area contributed by atoms with Gasteiger partial charge < -0.3 is 15.2 Å². The zero-order chi connectivity index (χ0) is 20.8. The summed E-state index contributed by atoms with van der Waals surface area (Å²) in [6.07, 6.45) is 18.3. The molecule has 0 aromatic heterocycles. The van der Waals surface area contributed by atoms with E-state index >= 15 is 0 Å². The van der Waals surface area contributed by atoms with Gasteiger partial charge in [-0.25, -0.2) is 0 Å². The predicted molar refractivity (Wildman–Crippen MR) is 120 cm³/mol. The van der Waals surface area contributed by atoms with Gasteiger partial charge in [-0.3, -0.25) is 4.79 Å². The molecule has 1 aliphatic rings. The molecular weight excluding hydrogens is 370 g/mol. The van der Waals surface area contributed by atoms with Crippen LogP contribution in [0.5, 0.6) is 0 Å². The van der Waals surface area contributed by atoms with E-state index in [1.807, 2.05) is 18.2 Å². The molecule has 5 heteroatoms. The summed E-state index contributed by atoms with van der Waals surface area (Å²) in [6.45, 7) is 4.87. The zero-order valence-electron chi connectivity index (χ0n) is 17.6. The summed E-state index contributed by atoms with van der Waals surface area (Å²) in [5.41, 5.74) is 0. The molecule has 0 bridgehead atoms. The molecule has 0 fully saturated rings. The predicted octanol–water partition coefficient (Wildman–Crippen LogP) is 4.74. The van der Waals surface area contributed by atoms with Crippen LogP contribution in [0.1, 0.15) is 58.8 Å². The largest absolute Gasteiger partial charge is 0.471 e. The molecule has 1 rings (SSSR count). The van der Waals surface area contributed by atoms with Gasteiger partial charge >= 0.3 is 0 Å². The average molecular weight is 408 g/mol. The normalized spacial score (nSPS) is 21.5. The first kappa shape index (κ1) is 24.6. The Kier molecular flexibility index (Phi) is 12.8. The van der Waals surface area contributed by atoms with E-state index in [2.05, 4.69) is 31.3 Å². The van der Waals surface area contributed by atoms with Crippen LogP contribution in [-0.2, 0) is 9.53 Å². The number of ketones is 1. The summed E-state index contributed by atoms with van der Waals surface area (Å²) in [5.74, 6) is 0.479. The van der Waals surface area contributed by atoms with Gasteiger partial charge in [-0.2, -0.15) is 0 Å². The van der Waals surface area contributed by atoms with Crippen LogP contribution < -0.4 is 5.32 Å². The Balaban J connectivity index is 2.34. The second-order valence-corrected chi connectivity index (χ2v) is 7.90. The Morgan fingerprint density at radius 3 is 2.86 bits per heavy atom. The first-order valence-corrected chi connectivity index (χ1v) is 11.0. The van der Waals surface area contributed by atoms with E-state index in [9.17, 15) is 9.90 Å². The first-order valence-electron chi connectivity index (χ1n) is 10.6. The summed E-state index contributed by atoms with van der Waals surface area (Å²) in [5, 5.41) is 13.5. The summed E-state index contributed by atoms with van der Waals surface area (Å²) in [6, 6.07) is 0. The minimum absolute atomic E-state index is 0.0398. The summed E-state index contributed by atoms with van der Waals surface area (Å²) < 4.78 is 5.31. The second kappa shape index (κ2) is 14.5. The van der Waals surface area contributed by atoms with Gasteiger partial charge in [0, 0.05) is 18.9 Å². The van der Waals surface area contributed by atoms with Crippen molar-refractivity contribution in [3.05, 3.63) is 36.5 Å². The molecule has 0 aliphatic heterocycles. The van der Waals surface area contributed by atoms with Crippen molar-refractivity contribution in [3.8, 4) is 0 Å². The third-order valence-corrected chi connectivity index (χ3v) is 5.52. The SMILES string of the molecule is CCCCC(C)[C@H](O)/C=C/[C@H]1C=CC(=O)[C@@H]1C/C=C\CCCCOC(=S)NC. The maximum absolute atomic E-state index is 12.2. The van der Waals surface area contributed by atoms with E-state index in [0.717, 1.165) is 44.9 Å². The number of hydrogen-bond donors (Lipinski definition) is 2. The van der Waals surface area contributed by atoms with Gasteiger partial charge in [0.25, 0.3) is 5.17 Å². The number of carbonyl (C=O) groups excluding carboxylic acids is 1. The van der Waals surface area contributed by atoms with Crippen LogP contribution in [0.25, 0.3) is 0 Å². The molecule has 0 radical (unpaired) electrons. The van der Waals surface area contributed by atoms with Gasteiger partial charge in [0.15, 0.2) is 5.78 Å². The van der Waals surface area contributed by atoms with Crippen molar-refractivity contribution in [3.63, 3.8) is 0 Å². The number of thiocarbonyl (C=S) groups is 1. The van der Waals surface area contributed by atoms with Crippen molar-refractivity contribution in [2.75, 3.05) is 13.7 Å². The number of rotatable bonds is 13. The molecule has 0 amide bonds. The highest BCUT2D eigenvalue weighted by Crippen LogP contribution is 2.28. The molecule has 0 heterocycles. The molecule has 4 atom stereocenters. The molecule has 4 nitrogen and oxygen atoms in total. The van der Waals surface area contributed by atoms with Crippen molar-refractivity contribution in [2.45, 2.75) is 64.9 Å². The van der Waals surface area contributed by atoms with Crippen LogP contribution >= 0.6 is 12.2 Å². The van der Waals surface area contributed by atoms with Crippen molar-refractivity contribution in [1.82, 2.24) is 5.32 Å². The third kappa shape index (κ3) is 9.65. The highest BCUT2D eigenvalue weighted by Gasteiger charge is 2.27. The van der Waals surface area contributed by atoms with E-state index in [1.54, 1.807) is 13.1 Å². The second-order valence-electron chi connectivity index (χ2n) is 7.53. The number of allylic oxidation sites excluding steroid dienone is 5. The standard InChI is InChI=1S/C23H37NO3S/c1-4-5-11-18(2)21(25)15-13-19-14-16-22(26)20(19)12-9-7-6-8-10-17-27-23(28)24-3/h7,9,13-16,18-21,25H,4-6,8,10-12,17H2,1-3H3,(H,24,28)/b9-7-,15-13+/t18?,19-,20+,21+/m0/s1. The minimum Gasteiger partial charge on any atom is -0.471 e. The summed E-state index contributed by atoms with van der Waals surface area (Å²) in [7, 11) is 1.75. The van der Waals surface area contributed by atoms with E-state index in [-0.39, 0.29) is 23.5 Å². The Hall–Kier alpha value is -1.46. The minimum atomic E-state index is -0.440. The number of unbranched alkanes of at least 4 members (excludes halogenated alkanes) is 3. The van der Waals surface area contributed by atoms with Gasteiger partial charge in [0.05, 0.1) is 12.7 Å². The first-order chi connectivity index (χ1) is 13.5. The fourth-order valence-electron chi connectivity index (χ4n) is 3.22. The molecule has 28 heavy (non-hydrogen) atoms. The van der Waals surface area contributed by atoms with Gasteiger partial charge in [-0.05, 0) is 56.3 Å².